The average Bonchev–Trinajstić information content (AvgIpc) is 2.53. The quantitative estimate of drug-likeness (QED) is 0.495. The molecule has 4 N–H and O–H groups in total. The van der Waals surface area contributed by atoms with Crippen LogP contribution in [0, 0.1) is 13.8 Å². The first-order valence-corrected chi connectivity index (χ1v) is 7.36. The number of rotatable bonds is 2. The number of nitrogen functional groups attached to an aromatic ring is 1. The molecule has 116 valence electrons. The van der Waals surface area contributed by atoms with Crippen molar-refractivity contribution in [3.63, 3.8) is 0 Å². The minimum atomic E-state index is -0.382. The molecule has 0 aliphatic heterocycles. The lowest BCUT2D eigenvalue weighted by molar-refractivity contribution is 0.102. The molecule has 0 saturated heterocycles. The molecule has 0 aliphatic carbocycles. The van der Waals surface area contributed by atoms with Gasteiger partial charge in [0.1, 0.15) is 0 Å². The Morgan fingerprint density at radius 3 is 2.57 bits per heavy atom. The van der Waals surface area contributed by atoms with Crippen molar-refractivity contribution in [3.8, 4) is 5.75 Å². The summed E-state index contributed by atoms with van der Waals surface area (Å²) in [5.74, 6) is -0.571. The second-order valence-corrected chi connectivity index (χ2v) is 5.68. The van der Waals surface area contributed by atoms with E-state index >= 15 is 0 Å². The highest BCUT2D eigenvalue weighted by Gasteiger charge is 2.17. The van der Waals surface area contributed by atoms with Crippen LogP contribution in [0.15, 0.2) is 48.5 Å². The van der Waals surface area contributed by atoms with E-state index in [1.807, 2.05) is 56.3 Å². The number of hydrogen-bond donors (Lipinski definition) is 3. The van der Waals surface area contributed by atoms with Gasteiger partial charge in [0.05, 0.1) is 11.3 Å². The van der Waals surface area contributed by atoms with E-state index in [1.54, 1.807) is 6.07 Å². The molecule has 0 aromatic heterocycles. The Kier molecular flexibility index (Phi) is 3.66. The van der Waals surface area contributed by atoms with Crippen LogP contribution in [-0.4, -0.2) is 11.0 Å². The van der Waals surface area contributed by atoms with Gasteiger partial charge in [0.25, 0.3) is 5.91 Å². The van der Waals surface area contributed by atoms with Crippen molar-refractivity contribution in [2.45, 2.75) is 13.8 Å². The zero-order valence-electron chi connectivity index (χ0n) is 13.1. The number of hydrogen-bond acceptors (Lipinski definition) is 3. The monoisotopic (exact) mass is 306 g/mol. The van der Waals surface area contributed by atoms with Crippen molar-refractivity contribution < 1.29 is 9.90 Å². The standard InChI is InChI=1S/C19H18N2O2/c1-11-7-8-16(12(2)9-11)21-19(23)15-10-13-5-3-4-6-14(13)17(20)18(15)22/h3-10,22H,20H2,1-2H3,(H,21,23). The molecule has 3 aromatic rings. The maximum absolute atomic E-state index is 12.5. The lowest BCUT2D eigenvalue weighted by Crippen LogP contribution is -2.13. The number of carbonyl (C=O) groups excluding carboxylic acids is 1. The lowest BCUT2D eigenvalue weighted by Gasteiger charge is -2.13. The summed E-state index contributed by atoms with van der Waals surface area (Å²) in [6.45, 7) is 3.92. The van der Waals surface area contributed by atoms with E-state index < -0.39 is 0 Å². The smallest absolute Gasteiger partial charge is 0.259 e. The number of fused-ring (bicyclic) bond motifs is 1. The number of carbonyl (C=O) groups is 1. The summed E-state index contributed by atoms with van der Waals surface area (Å²) in [7, 11) is 0. The van der Waals surface area contributed by atoms with Crippen LogP contribution >= 0.6 is 0 Å². The minimum Gasteiger partial charge on any atom is -0.505 e. The van der Waals surface area contributed by atoms with Gasteiger partial charge in [-0.05, 0) is 36.9 Å². The molecule has 0 bridgehead atoms. The second-order valence-electron chi connectivity index (χ2n) is 5.68. The Balaban J connectivity index is 2.02. The molecular weight excluding hydrogens is 288 g/mol. The summed E-state index contributed by atoms with van der Waals surface area (Å²) in [5.41, 5.74) is 9.16. The van der Waals surface area contributed by atoms with Crippen molar-refractivity contribution >= 4 is 28.1 Å². The van der Waals surface area contributed by atoms with Gasteiger partial charge in [0.15, 0.2) is 5.75 Å². The molecule has 4 heteroatoms. The highest BCUT2D eigenvalue weighted by Crippen LogP contribution is 2.34. The van der Waals surface area contributed by atoms with E-state index in [-0.39, 0.29) is 22.9 Å². The molecule has 23 heavy (non-hydrogen) atoms. The van der Waals surface area contributed by atoms with Crippen molar-refractivity contribution in [1.82, 2.24) is 0 Å². The number of nitrogens with two attached hydrogens (primary N) is 1. The molecular formula is C19H18N2O2. The fourth-order valence-corrected chi connectivity index (χ4v) is 2.68. The van der Waals surface area contributed by atoms with E-state index in [4.69, 9.17) is 5.73 Å². The zero-order chi connectivity index (χ0) is 16.6. The van der Waals surface area contributed by atoms with Gasteiger partial charge >= 0.3 is 0 Å². The molecule has 0 heterocycles. The van der Waals surface area contributed by atoms with E-state index in [0.29, 0.717) is 5.69 Å². The lowest BCUT2D eigenvalue weighted by atomic mass is 10.0. The molecule has 0 atom stereocenters. The maximum Gasteiger partial charge on any atom is 0.259 e. The predicted octanol–water partition coefficient (Wildman–Crippen LogP) is 4.00. The van der Waals surface area contributed by atoms with Gasteiger partial charge in [-0.2, -0.15) is 0 Å². The zero-order valence-corrected chi connectivity index (χ0v) is 13.1. The van der Waals surface area contributed by atoms with Crippen LogP contribution in [-0.2, 0) is 0 Å². The van der Waals surface area contributed by atoms with Crippen LogP contribution in [0.25, 0.3) is 10.8 Å². The molecule has 3 aromatic carbocycles. The molecule has 0 aliphatic rings. The summed E-state index contributed by atoms with van der Waals surface area (Å²) in [6.07, 6.45) is 0. The summed E-state index contributed by atoms with van der Waals surface area (Å²) in [5, 5.41) is 14.6. The number of amides is 1. The molecule has 3 rings (SSSR count). The van der Waals surface area contributed by atoms with Gasteiger partial charge in [0.2, 0.25) is 0 Å². The molecule has 4 nitrogen and oxygen atoms in total. The van der Waals surface area contributed by atoms with Gasteiger partial charge in [-0.25, -0.2) is 0 Å². The number of aryl methyl sites for hydroxylation is 2. The second kappa shape index (κ2) is 5.65. The Morgan fingerprint density at radius 2 is 1.83 bits per heavy atom. The molecule has 0 saturated carbocycles. The van der Waals surface area contributed by atoms with Crippen LogP contribution in [0.2, 0.25) is 0 Å². The van der Waals surface area contributed by atoms with Crippen molar-refractivity contribution in [2.24, 2.45) is 0 Å². The third kappa shape index (κ3) is 2.71. The summed E-state index contributed by atoms with van der Waals surface area (Å²) in [6, 6.07) is 14.8. The number of phenols is 1. The van der Waals surface area contributed by atoms with Gasteiger partial charge in [-0.15, -0.1) is 0 Å². The summed E-state index contributed by atoms with van der Waals surface area (Å²) < 4.78 is 0. The van der Waals surface area contributed by atoms with Gasteiger partial charge in [-0.1, -0.05) is 42.0 Å². The topological polar surface area (TPSA) is 75.4 Å². The SMILES string of the molecule is Cc1ccc(NC(=O)c2cc3ccccc3c(N)c2O)c(C)c1. The first kappa shape index (κ1) is 14.9. The highest BCUT2D eigenvalue weighted by molar-refractivity contribution is 6.12. The van der Waals surface area contributed by atoms with Gasteiger partial charge in [0, 0.05) is 11.1 Å². The Hall–Kier alpha value is -3.01. The number of benzene rings is 3. The Morgan fingerprint density at radius 1 is 1.09 bits per heavy atom. The molecule has 1 amide bonds. The fraction of sp³-hybridized carbons (Fsp3) is 0.105. The van der Waals surface area contributed by atoms with Crippen LogP contribution in [0.5, 0.6) is 5.75 Å². The summed E-state index contributed by atoms with van der Waals surface area (Å²) in [4.78, 5) is 12.5. The minimum absolute atomic E-state index is 0.168. The van der Waals surface area contributed by atoms with Crippen molar-refractivity contribution in [2.75, 3.05) is 11.1 Å². The molecule has 0 spiro atoms. The molecule has 0 fully saturated rings. The van der Waals surface area contributed by atoms with Crippen LogP contribution in [0.4, 0.5) is 11.4 Å². The molecule has 0 radical (unpaired) electrons. The van der Waals surface area contributed by atoms with Crippen LogP contribution in [0.1, 0.15) is 21.5 Å². The first-order valence-electron chi connectivity index (χ1n) is 7.36. The van der Waals surface area contributed by atoms with Crippen molar-refractivity contribution in [3.05, 3.63) is 65.2 Å². The normalized spacial score (nSPS) is 10.7. The summed E-state index contributed by atoms with van der Waals surface area (Å²) >= 11 is 0. The third-order valence-electron chi connectivity index (χ3n) is 3.94. The van der Waals surface area contributed by atoms with E-state index in [9.17, 15) is 9.90 Å². The van der Waals surface area contributed by atoms with Crippen molar-refractivity contribution in [1.29, 1.82) is 0 Å². The first-order chi connectivity index (χ1) is 11.0. The Bertz CT molecular complexity index is 917. The highest BCUT2D eigenvalue weighted by atomic mass is 16.3. The van der Waals surface area contributed by atoms with Gasteiger partial charge < -0.3 is 16.2 Å². The van der Waals surface area contributed by atoms with E-state index in [0.717, 1.165) is 21.9 Å². The number of anilines is 2. The largest absolute Gasteiger partial charge is 0.505 e. The predicted molar refractivity (Wildman–Crippen MR) is 93.9 cm³/mol. The number of aromatic hydroxyl groups is 1. The fourth-order valence-electron chi connectivity index (χ4n) is 2.68. The maximum atomic E-state index is 12.5. The number of nitrogens with one attached hydrogen (secondary N) is 1. The van der Waals surface area contributed by atoms with E-state index in [2.05, 4.69) is 5.32 Å². The Labute approximate surface area is 134 Å². The van der Waals surface area contributed by atoms with Crippen LogP contribution < -0.4 is 11.1 Å². The molecule has 0 unspecified atom stereocenters. The third-order valence-corrected chi connectivity index (χ3v) is 3.94. The van der Waals surface area contributed by atoms with Gasteiger partial charge in [-0.3, -0.25) is 4.79 Å². The van der Waals surface area contributed by atoms with E-state index in [1.165, 1.54) is 0 Å². The average molecular weight is 306 g/mol. The van der Waals surface area contributed by atoms with Crippen LogP contribution in [0.3, 0.4) is 0 Å². The number of phenolic OH excluding ortho intramolecular Hbond substituents is 1.